The molecule has 146 valence electrons. The molecular formula is C20H30N6O. The molecule has 1 aromatic heterocycles. The summed E-state index contributed by atoms with van der Waals surface area (Å²) in [5.41, 5.74) is 2.25. The van der Waals surface area contributed by atoms with Crippen LogP contribution in [0, 0.1) is 0 Å². The minimum Gasteiger partial charge on any atom is -0.375 e. The van der Waals surface area contributed by atoms with Crippen LogP contribution in [0.5, 0.6) is 0 Å². The summed E-state index contributed by atoms with van der Waals surface area (Å²) in [7, 11) is 4.00. The number of hydrogen-bond donors (Lipinski definition) is 1. The summed E-state index contributed by atoms with van der Waals surface area (Å²) in [5.74, 6) is 0.999. The van der Waals surface area contributed by atoms with E-state index in [1.165, 1.54) is 5.69 Å². The SMILES string of the molecule is CN=C(NCCCN(C)c1ccccc1)N1CCN(Cc2ccon2)CC1. The molecule has 0 radical (unpaired) electrons. The molecule has 0 aliphatic carbocycles. The van der Waals surface area contributed by atoms with Crippen molar-refractivity contribution in [2.75, 3.05) is 58.3 Å². The number of aliphatic imine (C=N–C) groups is 1. The number of piperazine rings is 1. The van der Waals surface area contributed by atoms with Gasteiger partial charge in [-0.3, -0.25) is 9.89 Å². The minimum atomic E-state index is 0.849. The van der Waals surface area contributed by atoms with Crippen LogP contribution in [0.1, 0.15) is 12.1 Å². The van der Waals surface area contributed by atoms with Gasteiger partial charge in [-0.15, -0.1) is 0 Å². The van der Waals surface area contributed by atoms with Crippen LogP contribution in [0.4, 0.5) is 5.69 Å². The van der Waals surface area contributed by atoms with E-state index in [1.807, 2.05) is 19.2 Å². The van der Waals surface area contributed by atoms with Crippen LogP contribution >= 0.6 is 0 Å². The first-order valence-electron chi connectivity index (χ1n) is 9.59. The van der Waals surface area contributed by atoms with Crippen molar-refractivity contribution in [3.05, 3.63) is 48.4 Å². The van der Waals surface area contributed by atoms with Crippen LogP contribution in [-0.2, 0) is 6.54 Å². The molecule has 0 amide bonds. The number of rotatable bonds is 7. The summed E-state index contributed by atoms with van der Waals surface area (Å²) < 4.78 is 4.91. The molecule has 2 heterocycles. The van der Waals surface area contributed by atoms with Gasteiger partial charge in [-0.05, 0) is 18.6 Å². The second kappa shape index (κ2) is 9.97. The monoisotopic (exact) mass is 370 g/mol. The molecule has 1 aliphatic heterocycles. The smallest absolute Gasteiger partial charge is 0.193 e. The number of anilines is 1. The maximum atomic E-state index is 4.91. The Hall–Kier alpha value is -2.54. The zero-order chi connectivity index (χ0) is 18.9. The van der Waals surface area contributed by atoms with Gasteiger partial charge in [0.05, 0.1) is 5.69 Å². The number of guanidine groups is 1. The Balaban J connectivity index is 1.36. The summed E-state index contributed by atoms with van der Waals surface area (Å²) in [4.78, 5) is 11.5. The van der Waals surface area contributed by atoms with Crippen molar-refractivity contribution in [2.24, 2.45) is 4.99 Å². The number of hydrogen-bond acceptors (Lipinski definition) is 5. The van der Waals surface area contributed by atoms with Gasteiger partial charge in [0.25, 0.3) is 0 Å². The van der Waals surface area contributed by atoms with Crippen LogP contribution in [0.25, 0.3) is 0 Å². The highest BCUT2D eigenvalue weighted by Gasteiger charge is 2.20. The van der Waals surface area contributed by atoms with Crippen molar-refractivity contribution in [2.45, 2.75) is 13.0 Å². The molecule has 1 N–H and O–H groups in total. The van der Waals surface area contributed by atoms with Gasteiger partial charge >= 0.3 is 0 Å². The van der Waals surface area contributed by atoms with Gasteiger partial charge in [0.1, 0.15) is 6.26 Å². The van der Waals surface area contributed by atoms with Gasteiger partial charge in [0.15, 0.2) is 5.96 Å². The van der Waals surface area contributed by atoms with Gasteiger partial charge in [-0.2, -0.15) is 0 Å². The maximum Gasteiger partial charge on any atom is 0.193 e. The number of nitrogens with one attached hydrogen (secondary N) is 1. The van der Waals surface area contributed by atoms with Gasteiger partial charge in [-0.25, -0.2) is 0 Å². The maximum absolute atomic E-state index is 4.91. The lowest BCUT2D eigenvalue weighted by Gasteiger charge is -2.36. The molecule has 1 aliphatic rings. The normalized spacial score (nSPS) is 15.8. The second-order valence-corrected chi connectivity index (χ2v) is 6.84. The Labute approximate surface area is 161 Å². The highest BCUT2D eigenvalue weighted by atomic mass is 16.5. The largest absolute Gasteiger partial charge is 0.375 e. The number of nitrogens with zero attached hydrogens (tertiary/aromatic N) is 5. The third-order valence-electron chi connectivity index (χ3n) is 4.91. The Morgan fingerprint density at radius 3 is 2.63 bits per heavy atom. The Kier molecular flexibility index (Phi) is 7.10. The number of para-hydroxylation sites is 1. The van der Waals surface area contributed by atoms with E-state index in [0.29, 0.717) is 0 Å². The van der Waals surface area contributed by atoms with Crippen molar-refractivity contribution in [1.29, 1.82) is 0 Å². The molecular weight excluding hydrogens is 340 g/mol. The molecule has 1 saturated heterocycles. The summed E-state index contributed by atoms with van der Waals surface area (Å²) in [6.45, 7) is 6.74. The van der Waals surface area contributed by atoms with E-state index in [-0.39, 0.29) is 0 Å². The zero-order valence-electron chi connectivity index (χ0n) is 16.3. The standard InChI is InChI=1S/C20H30N6O/c1-21-20(22-10-6-11-24(2)19-7-4-3-5-8-19)26-14-12-25(13-15-26)17-18-9-16-27-23-18/h3-5,7-9,16H,6,10-15,17H2,1-2H3,(H,21,22). The molecule has 2 aromatic rings. The Morgan fingerprint density at radius 2 is 1.96 bits per heavy atom. The van der Waals surface area contributed by atoms with Gasteiger partial charge in [0, 0.05) is 71.7 Å². The van der Waals surface area contributed by atoms with Crippen LogP contribution in [-0.4, -0.2) is 74.3 Å². The van der Waals surface area contributed by atoms with E-state index in [2.05, 4.69) is 61.5 Å². The molecule has 0 spiro atoms. The van der Waals surface area contributed by atoms with Crippen molar-refractivity contribution in [1.82, 2.24) is 20.3 Å². The van der Waals surface area contributed by atoms with Crippen molar-refractivity contribution < 1.29 is 4.52 Å². The Morgan fingerprint density at radius 1 is 1.19 bits per heavy atom. The third kappa shape index (κ3) is 5.72. The molecule has 0 atom stereocenters. The summed E-state index contributed by atoms with van der Waals surface area (Å²) in [5, 5.41) is 7.51. The van der Waals surface area contributed by atoms with Crippen LogP contribution in [0.3, 0.4) is 0 Å². The summed E-state index contributed by atoms with van der Waals surface area (Å²) >= 11 is 0. The molecule has 0 unspecified atom stereocenters. The van der Waals surface area contributed by atoms with Gasteiger partial charge in [-0.1, -0.05) is 23.4 Å². The first-order chi connectivity index (χ1) is 13.3. The second-order valence-electron chi connectivity index (χ2n) is 6.84. The molecule has 27 heavy (non-hydrogen) atoms. The predicted molar refractivity (Wildman–Crippen MR) is 109 cm³/mol. The van der Waals surface area contributed by atoms with E-state index >= 15 is 0 Å². The molecule has 0 saturated carbocycles. The van der Waals surface area contributed by atoms with E-state index in [0.717, 1.165) is 63.9 Å². The quantitative estimate of drug-likeness (QED) is 0.456. The van der Waals surface area contributed by atoms with Crippen LogP contribution < -0.4 is 10.2 Å². The fourth-order valence-electron chi connectivity index (χ4n) is 3.33. The lowest BCUT2D eigenvalue weighted by molar-refractivity contribution is 0.169. The summed E-state index contributed by atoms with van der Waals surface area (Å²) in [6.07, 6.45) is 2.70. The average molecular weight is 371 g/mol. The van der Waals surface area contributed by atoms with Crippen molar-refractivity contribution in [3.63, 3.8) is 0 Å². The van der Waals surface area contributed by atoms with Crippen LogP contribution in [0.15, 0.2) is 52.2 Å². The minimum absolute atomic E-state index is 0.849. The Bertz CT molecular complexity index is 680. The first-order valence-corrected chi connectivity index (χ1v) is 9.59. The molecule has 7 heteroatoms. The zero-order valence-corrected chi connectivity index (χ0v) is 16.3. The van der Waals surface area contributed by atoms with E-state index in [4.69, 9.17) is 4.52 Å². The summed E-state index contributed by atoms with van der Waals surface area (Å²) in [6, 6.07) is 12.4. The van der Waals surface area contributed by atoms with Crippen molar-refractivity contribution in [3.8, 4) is 0 Å². The van der Waals surface area contributed by atoms with E-state index in [1.54, 1.807) is 6.26 Å². The molecule has 7 nitrogen and oxygen atoms in total. The van der Waals surface area contributed by atoms with Gasteiger partial charge in [0.2, 0.25) is 0 Å². The highest BCUT2D eigenvalue weighted by molar-refractivity contribution is 5.80. The first kappa shape index (κ1) is 19.2. The molecule has 0 bridgehead atoms. The van der Waals surface area contributed by atoms with E-state index in [9.17, 15) is 0 Å². The molecule has 3 rings (SSSR count). The molecule has 1 aromatic carbocycles. The lowest BCUT2D eigenvalue weighted by atomic mass is 10.3. The fraction of sp³-hybridized carbons (Fsp3) is 0.500. The van der Waals surface area contributed by atoms with Crippen LogP contribution in [0.2, 0.25) is 0 Å². The van der Waals surface area contributed by atoms with Gasteiger partial charge < -0.3 is 19.6 Å². The third-order valence-corrected chi connectivity index (χ3v) is 4.91. The predicted octanol–water partition coefficient (Wildman–Crippen LogP) is 1.89. The van der Waals surface area contributed by atoms with Crippen molar-refractivity contribution >= 4 is 11.6 Å². The highest BCUT2D eigenvalue weighted by Crippen LogP contribution is 2.11. The topological polar surface area (TPSA) is 60.1 Å². The molecule has 1 fully saturated rings. The fourth-order valence-corrected chi connectivity index (χ4v) is 3.33. The lowest BCUT2D eigenvalue weighted by Crippen LogP contribution is -2.52. The number of benzene rings is 1. The number of aromatic nitrogens is 1. The average Bonchev–Trinajstić information content (AvgIpc) is 3.22. The van der Waals surface area contributed by atoms with E-state index < -0.39 is 0 Å².